The van der Waals surface area contributed by atoms with Crippen LogP contribution in [0.5, 0.6) is 0 Å². The number of sulfone groups is 1. The number of hydrogen-bond donors (Lipinski definition) is 3. The van der Waals surface area contributed by atoms with Crippen LogP contribution in [-0.2, 0) is 29.8 Å². The second kappa shape index (κ2) is 10.7. The van der Waals surface area contributed by atoms with E-state index in [1.54, 1.807) is 48.5 Å². The van der Waals surface area contributed by atoms with Crippen molar-refractivity contribution in [3.8, 4) is 11.1 Å². The number of amides is 3. The quantitative estimate of drug-likeness (QED) is 0.431. The van der Waals surface area contributed by atoms with Crippen molar-refractivity contribution in [3.63, 3.8) is 0 Å². The standard InChI is InChI=1S/C31H32F3N3O6S/c1-44(42,43)25(32)15-18(14-17-12-13-35-27(17)38)36-28(39)26-24-11-10-19(16-30(24,33)34)37(26)29(40)31(41)22-8-4-2-6-20(22)21-7-3-5-9-23(21)31/h2-9,15,17-19,24,26,41H,10-14,16H2,1H3,(H,35,38)(H,36,39). The first-order valence-corrected chi connectivity index (χ1v) is 16.4. The van der Waals surface area contributed by atoms with Crippen molar-refractivity contribution in [2.45, 2.75) is 61.8 Å². The highest BCUT2D eigenvalue weighted by atomic mass is 32.2. The lowest BCUT2D eigenvalue weighted by molar-refractivity contribution is -0.201. The molecule has 5 unspecified atom stereocenters. The number of benzene rings is 2. The molecule has 9 nitrogen and oxygen atoms in total. The zero-order chi connectivity index (χ0) is 31.6. The van der Waals surface area contributed by atoms with Crippen LogP contribution in [0.1, 0.15) is 43.2 Å². The molecule has 3 saturated heterocycles. The van der Waals surface area contributed by atoms with Crippen LogP contribution in [0.4, 0.5) is 13.2 Å². The van der Waals surface area contributed by atoms with Crippen LogP contribution in [0, 0.1) is 11.8 Å². The van der Waals surface area contributed by atoms with Gasteiger partial charge in [-0.25, -0.2) is 17.2 Å². The summed E-state index contributed by atoms with van der Waals surface area (Å²) in [4.78, 5) is 41.8. The third kappa shape index (κ3) is 4.90. The minimum Gasteiger partial charge on any atom is -0.372 e. The van der Waals surface area contributed by atoms with Gasteiger partial charge in [-0.05, 0) is 42.9 Å². The molecule has 1 saturated carbocycles. The lowest BCUT2D eigenvalue weighted by Gasteiger charge is -2.55. The first-order valence-electron chi connectivity index (χ1n) is 14.5. The van der Waals surface area contributed by atoms with Gasteiger partial charge in [0.2, 0.25) is 26.8 Å². The third-order valence-corrected chi connectivity index (χ3v) is 10.2. The largest absolute Gasteiger partial charge is 0.372 e. The monoisotopic (exact) mass is 631 g/mol. The second-order valence-electron chi connectivity index (χ2n) is 12.1. The predicted molar refractivity (Wildman–Crippen MR) is 153 cm³/mol. The Hall–Kier alpha value is -3.71. The average molecular weight is 632 g/mol. The van der Waals surface area contributed by atoms with Gasteiger partial charge in [0, 0.05) is 42.3 Å². The van der Waals surface area contributed by atoms with Gasteiger partial charge in [0.05, 0.1) is 12.0 Å². The van der Waals surface area contributed by atoms with E-state index in [1.165, 1.54) is 0 Å². The molecular weight excluding hydrogens is 599 g/mol. The van der Waals surface area contributed by atoms with Crippen LogP contribution < -0.4 is 10.6 Å². The maximum Gasteiger partial charge on any atom is 0.264 e. The SMILES string of the molecule is CS(=O)(=O)C(F)=CC(CC1CCNC1=O)NC(=O)C1C2CCC(CC2(F)F)N1C(=O)C1(O)c2ccccc2-c2ccccc21. The van der Waals surface area contributed by atoms with E-state index >= 15 is 8.78 Å². The molecule has 3 amide bonds. The van der Waals surface area contributed by atoms with Gasteiger partial charge < -0.3 is 20.6 Å². The van der Waals surface area contributed by atoms with Crippen molar-refractivity contribution in [1.29, 1.82) is 0 Å². The van der Waals surface area contributed by atoms with Gasteiger partial charge in [0.1, 0.15) is 6.04 Å². The van der Waals surface area contributed by atoms with Crippen LogP contribution >= 0.6 is 0 Å². The smallest absolute Gasteiger partial charge is 0.264 e. The van der Waals surface area contributed by atoms with E-state index in [1.807, 2.05) is 0 Å². The molecule has 5 aliphatic rings. The van der Waals surface area contributed by atoms with Crippen molar-refractivity contribution in [1.82, 2.24) is 15.5 Å². The molecule has 0 aromatic heterocycles. The normalized spacial score (nSPS) is 27.3. The summed E-state index contributed by atoms with van der Waals surface area (Å²) in [5, 5.41) is 15.8. The number of hydrogen-bond acceptors (Lipinski definition) is 6. The van der Waals surface area contributed by atoms with Crippen LogP contribution in [0.2, 0.25) is 0 Å². The van der Waals surface area contributed by atoms with Crippen LogP contribution in [0.15, 0.2) is 59.8 Å². The fraction of sp³-hybridized carbons (Fsp3) is 0.452. The molecule has 7 rings (SSSR count). The second-order valence-corrected chi connectivity index (χ2v) is 14.1. The number of aliphatic hydroxyl groups is 1. The van der Waals surface area contributed by atoms with Crippen molar-refractivity contribution in [2.24, 2.45) is 11.8 Å². The fourth-order valence-corrected chi connectivity index (χ4v) is 7.73. The zero-order valence-electron chi connectivity index (χ0n) is 23.8. The lowest BCUT2D eigenvalue weighted by Crippen LogP contribution is -2.70. The Balaban J connectivity index is 1.39. The number of nitrogens with zero attached hydrogens (tertiary/aromatic N) is 1. The van der Waals surface area contributed by atoms with Gasteiger partial charge in [-0.3, -0.25) is 14.4 Å². The molecule has 2 aliphatic carbocycles. The van der Waals surface area contributed by atoms with E-state index in [9.17, 15) is 32.3 Å². The first kappa shape index (κ1) is 30.3. The molecule has 2 bridgehead atoms. The summed E-state index contributed by atoms with van der Waals surface area (Å²) < 4.78 is 69.1. The minimum atomic E-state index is -4.31. The van der Waals surface area contributed by atoms with Crippen LogP contribution in [0.25, 0.3) is 11.1 Å². The molecule has 2 aromatic carbocycles. The van der Waals surface area contributed by atoms with E-state index < -0.39 is 74.7 Å². The molecular formula is C31H32F3N3O6S. The molecule has 3 heterocycles. The number of halogens is 3. The topological polar surface area (TPSA) is 133 Å². The number of carbonyl (C=O) groups excluding carboxylic acids is 3. The van der Waals surface area contributed by atoms with Gasteiger partial charge in [0.15, 0.2) is 5.60 Å². The predicted octanol–water partition coefficient (Wildman–Crippen LogP) is 2.78. The number of fused-ring (bicyclic) bond motifs is 6. The minimum absolute atomic E-state index is 0.0750. The number of nitrogens with one attached hydrogen (secondary N) is 2. The number of alkyl halides is 2. The molecule has 13 heteroatoms. The van der Waals surface area contributed by atoms with Crippen molar-refractivity contribution in [3.05, 3.63) is 70.9 Å². The molecule has 3 aliphatic heterocycles. The summed E-state index contributed by atoms with van der Waals surface area (Å²) >= 11 is 0. The van der Waals surface area contributed by atoms with E-state index in [0.717, 1.165) is 4.90 Å². The van der Waals surface area contributed by atoms with E-state index in [2.05, 4.69) is 10.6 Å². The Morgan fingerprint density at radius 2 is 1.70 bits per heavy atom. The summed E-state index contributed by atoms with van der Waals surface area (Å²) in [6, 6.07) is 9.27. The van der Waals surface area contributed by atoms with Crippen molar-refractivity contribution < 1.29 is 41.1 Å². The first-order chi connectivity index (χ1) is 20.7. The van der Waals surface area contributed by atoms with E-state index in [-0.39, 0.29) is 36.3 Å². The molecule has 0 spiro atoms. The number of carbonyl (C=O) groups is 3. The summed E-state index contributed by atoms with van der Waals surface area (Å²) in [5.41, 5.74) is -0.529. The lowest BCUT2D eigenvalue weighted by atomic mass is 9.70. The van der Waals surface area contributed by atoms with E-state index in [0.29, 0.717) is 36.4 Å². The maximum atomic E-state index is 15.4. The molecule has 3 N–H and O–H groups in total. The van der Waals surface area contributed by atoms with Crippen LogP contribution in [0.3, 0.4) is 0 Å². The summed E-state index contributed by atoms with van der Waals surface area (Å²) in [7, 11) is -4.31. The molecule has 4 fully saturated rings. The third-order valence-electron chi connectivity index (χ3n) is 9.39. The highest BCUT2D eigenvalue weighted by molar-refractivity contribution is 7.94. The van der Waals surface area contributed by atoms with Gasteiger partial charge >= 0.3 is 0 Å². The summed E-state index contributed by atoms with van der Waals surface area (Å²) in [6.07, 6.45) is 0.872. The molecule has 0 radical (unpaired) electrons. The van der Waals surface area contributed by atoms with Crippen molar-refractivity contribution >= 4 is 27.6 Å². The van der Waals surface area contributed by atoms with E-state index in [4.69, 9.17) is 0 Å². The van der Waals surface area contributed by atoms with Gasteiger partial charge in [-0.1, -0.05) is 48.5 Å². The Kier molecular flexibility index (Phi) is 7.39. The fourth-order valence-electron chi connectivity index (χ4n) is 7.32. The van der Waals surface area contributed by atoms with Gasteiger partial charge in [-0.2, -0.15) is 4.39 Å². The molecule has 234 valence electrons. The number of piperidine rings is 2. The summed E-state index contributed by atoms with van der Waals surface area (Å²) in [6.45, 7) is 0.338. The highest BCUT2D eigenvalue weighted by Gasteiger charge is 2.63. The van der Waals surface area contributed by atoms with Crippen molar-refractivity contribution in [2.75, 3.05) is 12.8 Å². The highest BCUT2D eigenvalue weighted by Crippen LogP contribution is 2.53. The molecule has 44 heavy (non-hydrogen) atoms. The Morgan fingerprint density at radius 1 is 1.09 bits per heavy atom. The van der Waals surface area contributed by atoms with Gasteiger partial charge in [0.25, 0.3) is 11.8 Å². The number of rotatable bonds is 7. The molecule has 5 atom stereocenters. The Labute approximate surface area is 252 Å². The maximum absolute atomic E-state index is 15.4. The Morgan fingerprint density at radius 3 is 2.25 bits per heavy atom. The Bertz CT molecular complexity index is 1630. The average Bonchev–Trinajstić information content (AvgIpc) is 3.50. The zero-order valence-corrected chi connectivity index (χ0v) is 24.6. The van der Waals surface area contributed by atoms with Crippen LogP contribution in [-0.4, -0.2) is 73.0 Å². The van der Waals surface area contributed by atoms with Gasteiger partial charge in [-0.15, -0.1) is 0 Å². The summed E-state index contributed by atoms with van der Waals surface area (Å²) in [5.74, 6) is -7.94. The molecule has 2 aromatic rings.